The third-order valence-electron chi connectivity index (χ3n) is 4.73. The van der Waals surface area contributed by atoms with Crippen LogP contribution < -0.4 is 10.2 Å². The predicted molar refractivity (Wildman–Crippen MR) is 101 cm³/mol. The first-order valence-electron chi connectivity index (χ1n) is 8.56. The van der Waals surface area contributed by atoms with Gasteiger partial charge in [0.15, 0.2) is 4.96 Å². The van der Waals surface area contributed by atoms with Gasteiger partial charge in [0.05, 0.1) is 11.9 Å². The molecule has 0 aromatic carbocycles. The molecule has 1 aliphatic rings. The van der Waals surface area contributed by atoms with Crippen molar-refractivity contribution in [2.45, 2.75) is 26.7 Å². The number of carbonyl (C=O) groups excluding carboxylic acids is 1. The second-order valence-electron chi connectivity index (χ2n) is 6.68. The minimum absolute atomic E-state index is 0.211. The number of rotatable bonds is 3. The number of nitrogens with zero attached hydrogens (tertiary/aromatic N) is 4. The maximum absolute atomic E-state index is 12.4. The number of nitrogens with one attached hydrogen (secondary N) is 1. The van der Waals surface area contributed by atoms with Crippen LogP contribution in [0.2, 0.25) is 0 Å². The van der Waals surface area contributed by atoms with Crippen LogP contribution in [-0.2, 0) is 0 Å². The van der Waals surface area contributed by atoms with E-state index in [-0.39, 0.29) is 5.91 Å². The van der Waals surface area contributed by atoms with E-state index in [0.29, 0.717) is 11.4 Å². The summed E-state index contributed by atoms with van der Waals surface area (Å²) in [5, 5.41) is 4.90. The normalized spacial score (nSPS) is 15.7. The molecule has 0 aliphatic carbocycles. The van der Waals surface area contributed by atoms with Crippen LogP contribution >= 0.6 is 11.3 Å². The molecule has 1 amide bonds. The molecule has 7 heteroatoms. The Morgan fingerprint density at radius 3 is 2.80 bits per heavy atom. The monoisotopic (exact) mass is 355 g/mol. The first-order chi connectivity index (χ1) is 12.1. The molecule has 6 nitrogen and oxygen atoms in total. The van der Waals surface area contributed by atoms with E-state index in [4.69, 9.17) is 0 Å². The van der Waals surface area contributed by atoms with Gasteiger partial charge < -0.3 is 10.2 Å². The summed E-state index contributed by atoms with van der Waals surface area (Å²) >= 11 is 1.53. The maximum atomic E-state index is 12.4. The molecule has 1 N–H and O–H groups in total. The van der Waals surface area contributed by atoms with Gasteiger partial charge in [-0.3, -0.25) is 9.20 Å². The number of hydrogen-bond donors (Lipinski definition) is 1. The Hall–Kier alpha value is -2.41. The van der Waals surface area contributed by atoms with Crippen LogP contribution in [0.1, 0.15) is 35.9 Å². The van der Waals surface area contributed by atoms with Crippen molar-refractivity contribution in [3.05, 3.63) is 41.3 Å². The lowest BCUT2D eigenvalue weighted by Gasteiger charge is -2.31. The Balaban J connectivity index is 1.44. The molecule has 0 atom stereocenters. The minimum atomic E-state index is -0.211. The van der Waals surface area contributed by atoms with Crippen molar-refractivity contribution >= 4 is 33.7 Å². The van der Waals surface area contributed by atoms with Gasteiger partial charge in [-0.2, -0.15) is 0 Å². The molecular formula is C18H21N5OS. The van der Waals surface area contributed by atoms with Gasteiger partial charge in [-0.05, 0) is 37.8 Å². The molecule has 4 rings (SSSR count). The number of anilines is 2. The van der Waals surface area contributed by atoms with Crippen molar-refractivity contribution in [2.24, 2.45) is 5.92 Å². The molecule has 3 aromatic rings. The van der Waals surface area contributed by atoms with E-state index in [0.717, 1.165) is 35.5 Å². The molecule has 0 radical (unpaired) electrons. The van der Waals surface area contributed by atoms with Gasteiger partial charge in [0.2, 0.25) is 0 Å². The number of thiazole rings is 1. The van der Waals surface area contributed by atoms with Crippen molar-refractivity contribution < 1.29 is 4.79 Å². The van der Waals surface area contributed by atoms with E-state index in [1.165, 1.54) is 24.2 Å². The fourth-order valence-electron chi connectivity index (χ4n) is 3.08. The first-order valence-corrected chi connectivity index (χ1v) is 9.43. The van der Waals surface area contributed by atoms with Crippen LogP contribution in [-0.4, -0.2) is 33.4 Å². The molecule has 1 fully saturated rings. The van der Waals surface area contributed by atoms with Crippen LogP contribution in [0.4, 0.5) is 11.5 Å². The quantitative estimate of drug-likeness (QED) is 0.780. The van der Waals surface area contributed by atoms with Gasteiger partial charge in [0.1, 0.15) is 11.5 Å². The first kappa shape index (κ1) is 16.1. The van der Waals surface area contributed by atoms with Crippen LogP contribution in [0.3, 0.4) is 0 Å². The van der Waals surface area contributed by atoms with Gasteiger partial charge in [0.25, 0.3) is 5.91 Å². The number of imidazole rings is 1. The minimum Gasteiger partial charge on any atom is -0.357 e. The van der Waals surface area contributed by atoms with E-state index < -0.39 is 0 Å². The summed E-state index contributed by atoms with van der Waals surface area (Å²) in [7, 11) is 0. The summed E-state index contributed by atoms with van der Waals surface area (Å²) in [5.74, 6) is 1.56. The lowest BCUT2D eigenvalue weighted by atomic mass is 9.99. The van der Waals surface area contributed by atoms with E-state index in [1.54, 1.807) is 12.4 Å². The molecule has 0 bridgehead atoms. The molecule has 0 unspecified atom stereocenters. The van der Waals surface area contributed by atoms with E-state index in [2.05, 4.69) is 27.1 Å². The van der Waals surface area contributed by atoms with Crippen molar-refractivity contribution in [3.63, 3.8) is 0 Å². The standard InChI is InChI=1S/C18H21N5OS/c1-12-5-7-22(8-6-12)16-4-3-14(9-19-16)20-17(24)15-10-23-13(2)11-25-18(23)21-15/h3-4,9-12H,5-8H2,1-2H3,(H,20,24). The van der Waals surface area contributed by atoms with Crippen LogP contribution in [0.15, 0.2) is 29.9 Å². The van der Waals surface area contributed by atoms with Crippen LogP contribution in [0.25, 0.3) is 4.96 Å². The van der Waals surface area contributed by atoms with Gasteiger partial charge in [-0.1, -0.05) is 6.92 Å². The number of amides is 1. The average Bonchev–Trinajstić information content (AvgIpc) is 3.19. The number of pyridine rings is 1. The summed E-state index contributed by atoms with van der Waals surface area (Å²) < 4.78 is 1.93. The lowest BCUT2D eigenvalue weighted by Crippen LogP contribution is -2.33. The molecule has 1 aliphatic heterocycles. The largest absolute Gasteiger partial charge is 0.357 e. The fourth-order valence-corrected chi connectivity index (χ4v) is 3.93. The molecule has 0 saturated carbocycles. The molecule has 130 valence electrons. The highest BCUT2D eigenvalue weighted by Gasteiger charge is 2.17. The van der Waals surface area contributed by atoms with E-state index in [1.807, 2.05) is 28.8 Å². The Bertz CT molecular complexity index is 890. The molecular weight excluding hydrogens is 334 g/mol. The summed E-state index contributed by atoms with van der Waals surface area (Å²) in [5.41, 5.74) is 2.18. The number of fused-ring (bicyclic) bond motifs is 1. The number of carbonyl (C=O) groups is 1. The highest BCUT2D eigenvalue weighted by atomic mass is 32.1. The van der Waals surface area contributed by atoms with Crippen molar-refractivity contribution in [1.82, 2.24) is 14.4 Å². The summed E-state index contributed by atoms with van der Waals surface area (Å²) in [4.78, 5) is 24.4. The zero-order valence-corrected chi connectivity index (χ0v) is 15.2. The topological polar surface area (TPSA) is 62.5 Å². The Labute approximate surface area is 150 Å². The van der Waals surface area contributed by atoms with Crippen LogP contribution in [0, 0.1) is 12.8 Å². The van der Waals surface area contributed by atoms with Crippen molar-refractivity contribution in [2.75, 3.05) is 23.3 Å². The third kappa shape index (κ3) is 3.24. The van der Waals surface area contributed by atoms with Crippen molar-refractivity contribution in [3.8, 4) is 0 Å². The van der Waals surface area contributed by atoms with Gasteiger partial charge in [-0.15, -0.1) is 11.3 Å². The number of aromatic nitrogens is 3. The van der Waals surface area contributed by atoms with Crippen molar-refractivity contribution in [1.29, 1.82) is 0 Å². The summed E-state index contributed by atoms with van der Waals surface area (Å²) in [6.07, 6.45) is 5.90. The Morgan fingerprint density at radius 1 is 1.32 bits per heavy atom. The summed E-state index contributed by atoms with van der Waals surface area (Å²) in [6, 6.07) is 3.88. The van der Waals surface area contributed by atoms with Crippen LogP contribution in [0.5, 0.6) is 0 Å². The van der Waals surface area contributed by atoms with E-state index in [9.17, 15) is 4.79 Å². The number of hydrogen-bond acceptors (Lipinski definition) is 5. The highest BCUT2D eigenvalue weighted by molar-refractivity contribution is 7.15. The Morgan fingerprint density at radius 2 is 2.12 bits per heavy atom. The lowest BCUT2D eigenvalue weighted by molar-refractivity contribution is 0.102. The second kappa shape index (κ2) is 6.48. The zero-order chi connectivity index (χ0) is 17.4. The van der Waals surface area contributed by atoms with E-state index >= 15 is 0 Å². The Kier molecular flexibility index (Phi) is 4.17. The molecule has 1 saturated heterocycles. The number of aryl methyl sites for hydroxylation is 1. The molecule has 25 heavy (non-hydrogen) atoms. The predicted octanol–water partition coefficient (Wildman–Crippen LogP) is 3.59. The third-order valence-corrected chi connectivity index (χ3v) is 5.69. The maximum Gasteiger partial charge on any atom is 0.275 e. The second-order valence-corrected chi connectivity index (χ2v) is 7.52. The van der Waals surface area contributed by atoms with Gasteiger partial charge in [0, 0.05) is 30.4 Å². The molecule has 3 aromatic heterocycles. The van der Waals surface area contributed by atoms with Gasteiger partial charge in [-0.25, -0.2) is 9.97 Å². The molecule has 4 heterocycles. The fraction of sp³-hybridized carbons (Fsp3) is 0.389. The SMILES string of the molecule is Cc1csc2nc(C(=O)Nc3ccc(N4CCC(C)CC4)nc3)cn12. The summed E-state index contributed by atoms with van der Waals surface area (Å²) in [6.45, 7) is 6.39. The number of piperidine rings is 1. The zero-order valence-electron chi connectivity index (χ0n) is 14.4. The smallest absolute Gasteiger partial charge is 0.275 e. The average molecular weight is 355 g/mol. The molecule has 0 spiro atoms. The highest BCUT2D eigenvalue weighted by Crippen LogP contribution is 2.22. The van der Waals surface area contributed by atoms with Gasteiger partial charge >= 0.3 is 0 Å².